The van der Waals surface area contributed by atoms with Gasteiger partial charge in [0.1, 0.15) is 5.76 Å². The Morgan fingerprint density at radius 3 is 2.71 bits per heavy atom. The Morgan fingerprint density at radius 2 is 2.12 bits per heavy atom. The van der Waals surface area contributed by atoms with E-state index in [1.54, 1.807) is 18.4 Å². The highest BCUT2D eigenvalue weighted by molar-refractivity contribution is 14.0. The number of alkyl halides is 3. The van der Waals surface area contributed by atoms with Crippen LogP contribution in [0.3, 0.4) is 0 Å². The van der Waals surface area contributed by atoms with E-state index in [4.69, 9.17) is 4.42 Å². The van der Waals surface area contributed by atoms with Crippen LogP contribution in [-0.2, 0) is 26.3 Å². The van der Waals surface area contributed by atoms with Gasteiger partial charge in [-0.25, -0.2) is 4.99 Å². The lowest BCUT2D eigenvalue weighted by atomic mass is 10.2. The zero-order chi connectivity index (χ0) is 16.9. The number of nitrogens with zero attached hydrogens (tertiary/aromatic N) is 3. The summed E-state index contributed by atoms with van der Waals surface area (Å²) in [6, 6.07) is 3.55. The van der Waals surface area contributed by atoms with E-state index in [1.165, 1.54) is 13.2 Å². The van der Waals surface area contributed by atoms with Gasteiger partial charge in [0.25, 0.3) is 0 Å². The van der Waals surface area contributed by atoms with Gasteiger partial charge in [-0.05, 0) is 19.1 Å². The number of halogens is 4. The lowest BCUT2D eigenvalue weighted by molar-refractivity contribution is -0.142. The smallest absolute Gasteiger partial charge is 0.435 e. The first-order valence-corrected chi connectivity index (χ1v) is 7.04. The van der Waals surface area contributed by atoms with Crippen LogP contribution in [0.15, 0.2) is 34.0 Å². The van der Waals surface area contributed by atoms with Crippen LogP contribution < -0.4 is 10.6 Å². The molecule has 0 aromatic carbocycles. The fourth-order valence-electron chi connectivity index (χ4n) is 1.98. The van der Waals surface area contributed by atoms with Gasteiger partial charge in [-0.1, -0.05) is 0 Å². The molecule has 24 heavy (non-hydrogen) atoms. The second-order valence-electron chi connectivity index (χ2n) is 4.80. The van der Waals surface area contributed by atoms with E-state index < -0.39 is 11.9 Å². The van der Waals surface area contributed by atoms with Crippen molar-refractivity contribution in [1.82, 2.24) is 20.4 Å². The van der Waals surface area contributed by atoms with E-state index in [0.29, 0.717) is 24.8 Å². The van der Waals surface area contributed by atoms with Gasteiger partial charge in [0.15, 0.2) is 11.7 Å². The van der Waals surface area contributed by atoms with Crippen molar-refractivity contribution in [3.8, 4) is 0 Å². The highest BCUT2D eigenvalue weighted by Gasteiger charge is 2.36. The molecule has 0 bridgehead atoms. The Hall–Kier alpha value is -1.72. The van der Waals surface area contributed by atoms with Crippen LogP contribution in [0.25, 0.3) is 0 Å². The minimum atomic E-state index is -4.49. The molecule has 10 heteroatoms. The highest BCUT2D eigenvalue weighted by Crippen LogP contribution is 2.30. The fraction of sp³-hybridized carbons (Fsp3) is 0.429. The Morgan fingerprint density at radius 1 is 1.38 bits per heavy atom. The quantitative estimate of drug-likeness (QED) is 0.412. The predicted octanol–water partition coefficient (Wildman–Crippen LogP) is 2.91. The van der Waals surface area contributed by atoms with Crippen molar-refractivity contribution < 1.29 is 17.6 Å². The molecule has 0 unspecified atom stereocenters. The van der Waals surface area contributed by atoms with Crippen LogP contribution in [0.2, 0.25) is 0 Å². The second kappa shape index (κ2) is 8.94. The van der Waals surface area contributed by atoms with E-state index in [1.807, 2.05) is 6.92 Å². The zero-order valence-corrected chi connectivity index (χ0v) is 15.6. The highest BCUT2D eigenvalue weighted by atomic mass is 127. The first-order chi connectivity index (χ1) is 10.9. The first-order valence-electron chi connectivity index (χ1n) is 7.04. The molecule has 2 rings (SSSR count). The lowest BCUT2D eigenvalue weighted by Gasteiger charge is -2.10. The Kier molecular flexibility index (Phi) is 7.58. The van der Waals surface area contributed by atoms with E-state index in [2.05, 4.69) is 20.7 Å². The molecule has 0 amide bonds. The van der Waals surface area contributed by atoms with Gasteiger partial charge >= 0.3 is 6.18 Å². The largest absolute Gasteiger partial charge is 0.467 e. The molecule has 0 radical (unpaired) electrons. The number of nitrogens with one attached hydrogen (secondary N) is 2. The van der Waals surface area contributed by atoms with E-state index in [0.717, 1.165) is 4.68 Å². The number of aryl methyl sites for hydroxylation is 1. The summed E-state index contributed by atoms with van der Waals surface area (Å²) in [7, 11) is 1.45. The van der Waals surface area contributed by atoms with E-state index in [-0.39, 0.29) is 36.1 Å². The lowest BCUT2D eigenvalue weighted by Crippen LogP contribution is -2.36. The van der Waals surface area contributed by atoms with Crippen LogP contribution in [0, 0.1) is 0 Å². The van der Waals surface area contributed by atoms with Crippen molar-refractivity contribution in [2.75, 3.05) is 6.54 Å². The molecule has 0 aliphatic carbocycles. The monoisotopic (exact) mass is 457 g/mol. The maximum atomic E-state index is 12.9. The van der Waals surface area contributed by atoms with Gasteiger partial charge in [-0.15, -0.1) is 24.0 Å². The SMILES string of the molecule is CCNC(=NCc1cn(C)nc1C(F)(F)F)NCc1ccco1.I. The summed E-state index contributed by atoms with van der Waals surface area (Å²) in [4.78, 5) is 4.17. The topological polar surface area (TPSA) is 67.4 Å². The van der Waals surface area contributed by atoms with Gasteiger partial charge in [-0.2, -0.15) is 18.3 Å². The van der Waals surface area contributed by atoms with Gasteiger partial charge in [-0.3, -0.25) is 4.68 Å². The maximum Gasteiger partial charge on any atom is 0.435 e. The van der Waals surface area contributed by atoms with E-state index >= 15 is 0 Å². The Balaban J connectivity index is 0.00000288. The molecule has 0 spiro atoms. The third kappa shape index (κ3) is 5.73. The standard InChI is InChI=1S/C14H18F3N5O.HI/c1-3-18-13(20-8-11-5-4-6-23-11)19-7-10-9-22(2)21-12(10)14(15,16)17;/h4-6,9H,3,7-8H2,1-2H3,(H2,18,19,20);1H. The minimum Gasteiger partial charge on any atom is -0.467 e. The molecular formula is C14H19F3IN5O. The Bertz CT molecular complexity index is 652. The first kappa shape index (κ1) is 20.3. The third-order valence-corrected chi connectivity index (χ3v) is 2.93. The molecule has 2 aromatic rings. The van der Waals surface area contributed by atoms with Crippen molar-refractivity contribution in [2.24, 2.45) is 12.0 Å². The van der Waals surface area contributed by atoms with Gasteiger partial charge in [0.2, 0.25) is 0 Å². The second-order valence-corrected chi connectivity index (χ2v) is 4.80. The summed E-state index contributed by atoms with van der Waals surface area (Å²) in [6.45, 7) is 2.71. The molecule has 0 aliphatic rings. The number of guanidine groups is 1. The minimum absolute atomic E-state index is 0. The zero-order valence-electron chi connectivity index (χ0n) is 13.2. The van der Waals surface area contributed by atoms with Gasteiger partial charge < -0.3 is 15.1 Å². The predicted molar refractivity (Wildman–Crippen MR) is 94.0 cm³/mol. The summed E-state index contributed by atoms with van der Waals surface area (Å²) in [5.74, 6) is 1.11. The van der Waals surface area contributed by atoms with Crippen LogP contribution >= 0.6 is 24.0 Å². The average Bonchev–Trinajstić information content (AvgIpc) is 3.10. The summed E-state index contributed by atoms with van der Waals surface area (Å²) in [5, 5.41) is 9.42. The summed E-state index contributed by atoms with van der Waals surface area (Å²) in [6.07, 6.45) is -1.62. The number of hydrogen-bond acceptors (Lipinski definition) is 3. The van der Waals surface area contributed by atoms with Crippen molar-refractivity contribution in [1.29, 1.82) is 0 Å². The molecule has 0 fully saturated rings. The van der Waals surface area contributed by atoms with Crippen molar-refractivity contribution in [3.63, 3.8) is 0 Å². The third-order valence-electron chi connectivity index (χ3n) is 2.93. The molecule has 2 N–H and O–H groups in total. The molecule has 2 aromatic heterocycles. The molecular weight excluding hydrogens is 438 g/mol. The number of hydrogen-bond donors (Lipinski definition) is 2. The summed E-state index contributed by atoms with van der Waals surface area (Å²) < 4.78 is 45.0. The normalized spacial score (nSPS) is 12.0. The van der Waals surface area contributed by atoms with E-state index in [9.17, 15) is 13.2 Å². The van der Waals surface area contributed by atoms with Crippen LogP contribution in [0.1, 0.15) is 23.9 Å². The van der Waals surface area contributed by atoms with Crippen LogP contribution in [0.5, 0.6) is 0 Å². The average molecular weight is 457 g/mol. The molecule has 0 saturated carbocycles. The summed E-state index contributed by atoms with van der Waals surface area (Å²) in [5.41, 5.74) is -0.888. The molecule has 0 saturated heterocycles. The van der Waals surface area contributed by atoms with Crippen molar-refractivity contribution >= 4 is 29.9 Å². The number of rotatable bonds is 5. The Labute approximate surface area is 154 Å². The number of furan rings is 1. The molecule has 0 aliphatic heterocycles. The number of aromatic nitrogens is 2. The van der Waals surface area contributed by atoms with Gasteiger partial charge in [0, 0.05) is 25.4 Å². The molecule has 6 nitrogen and oxygen atoms in total. The van der Waals surface area contributed by atoms with Crippen LogP contribution in [0.4, 0.5) is 13.2 Å². The molecule has 0 atom stereocenters. The number of aliphatic imine (C=N–C) groups is 1. The molecule has 2 heterocycles. The molecule has 134 valence electrons. The fourth-order valence-corrected chi connectivity index (χ4v) is 1.98. The summed E-state index contributed by atoms with van der Waals surface area (Å²) >= 11 is 0. The van der Waals surface area contributed by atoms with Gasteiger partial charge in [0.05, 0.1) is 19.4 Å². The van der Waals surface area contributed by atoms with Crippen molar-refractivity contribution in [2.45, 2.75) is 26.2 Å². The van der Waals surface area contributed by atoms with Crippen molar-refractivity contribution in [3.05, 3.63) is 41.6 Å². The van der Waals surface area contributed by atoms with Crippen LogP contribution in [-0.4, -0.2) is 22.3 Å². The maximum absolute atomic E-state index is 12.9.